The molecule has 0 spiro atoms. The van der Waals surface area contributed by atoms with Crippen LogP contribution in [-0.2, 0) is 16.0 Å². The molecular weight excluding hydrogens is 572 g/mol. The van der Waals surface area contributed by atoms with E-state index in [-0.39, 0.29) is 18.2 Å². The quantitative estimate of drug-likeness (QED) is 0.149. The monoisotopic (exact) mass is 600 g/mol. The van der Waals surface area contributed by atoms with Gasteiger partial charge in [0.15, 0.2) is 5.17 Å². The molecule has 1 saturated heterocycles. The molecule has 42 heavy (non-hydrogen) atoms. The van der Waals surface area contributed by atoms with Crippen molar-refractivity contribution in [2.75, 3.05) is 18.5 Å². The lowest BCUT2D eigenvalue weighted by molar-refractivity contribution is -0.128. The Bertz CT molecular complexity index is 1570. The van der Waals surface area contributed by atoms with E-state index < -0.39 is 5.25 Å². The Balaban J connectivity index is 1.27. The highest BCUT2D eigenvalue weighted by molar-refractivity contribution is 8.15. The van der Waals surface area contributed by atoms with Crippen molar-refractivity contribution in [2.45, 2.75) is 25.0 Å². The van der Waals surface area contributed by atoms with Gasteiger partial charge < -0.3 is 14.5 Å². The van der Waals surface area contributed by atoms with Crippen LogP contribution >= 0.6 is 23.4 Å². The molecule has 3 aromatic carbocycles. The average molecular weight is 601 g/mol. The van der Waals surface area contributed by atoms with E-state index in [9.17, 15) is 9.59 Å². The first-order valence-corrected chi connectivity index (χ1v) is 14.8. The van der Waals surface area contributed by atoms with E-state index in [0.29, 0.717) is 47.0 Å². The molecule has 1 N–H and O–H groups in total. The molecular formula is C32H29ClN4O4S. The minimum absolute atomic E-state index is 0.00389. The predicted molar refractivity (Wildman–Crippen MR) is 168 cm³/mol. The van der Waals surface area contributed by atoms with Crippen molar-refractivity contribution in [1.29, 1.82) is 0 Å². The molecule has 0 bridgehead atoms. The molecule has 1 aromatic heterocycles. The standard InChI is InChI=1S/C32H29ClN4O4S/c1-2-40-26-14-12-25(13-15-26)35-30(38)20-29-31(39)37(19-18-22-6-4-3-5-7-22)32(42-29)36-34-21-27-16-17-28(41-27)23-8-10-24(33)11-9-23/h3-17,21,29H,2,18-20H2,1H3,(H,35,38)/b34-21+,36-32-. The summed E-state index contributed by atoms with van der Waals surface area (Å²) in [5.41, 5.74) is 2.62. The van der Waals surface area contributed by atoms with Gasteiger partial charge in [0.05, 0.1) is 12.8 Å². The van der Waals surface area contributed by atoms with Crippen molar-refractivity contribution in [1.82, 2.24) is 4.90 Å². The summed E-state index contributed by atoms with van der Waals surface area (Å²) in [5, 5.41) is 11.9. The first-order valence-electron chi connectivity index (χ1n) is 13.5. The molecule has 1 unspecified atom stereocenters. The largest absolute Gasteiger partial charge is 0.494 e. The molecule has 10 heteroatoms. The molecule has 214 valence electrons. The van der Waals surface area contributed by atoms with Gasteiger partial charge in [0.1, 0.15) is 22.5 Å². The second-order valence-corrected chi connectivity index (χ2v) is 11.0. The lowest BCUT2D eigenvalue weighted by atomic mass is 10.1. The van der Waals surface area contributed by atoms with E-state index in [1.54, 1.807) is 47.4 Å². The molecule has 2 heterocycles. The lowest BCUT2D eigenvalue weighted by Gasteiger charge is -2.15. The molecule has 4 aromatic rings. The molecule has 1 atom stereocenters. The number of hydrogen-bond acceptors (Lipinski definition) is 7. The molecule has 2 amide bonds. The fourth-order valence-corrected chi connectivity index (χ4v) is 5.56. The summed E-state index contributed by atoms with van der Waals surface area (Å²) in [7, 11) is 0. The summed E-state index contributed by atoms with van der Waals surface area (Å²) in [6.07, 6.45) is 2.15. The Morgan fingerprint density at radius 2 is 1.81 bits per heavy atom. The number of nitrogens with one attached hydrogen (secondary N) is 1. The van der Waals surface area contributed by atoms with Gasteiger partial charge >= 0.3 is 0 Å². The fraction of sp³-hybridized carbons (Fsp3) is 0.188. The smallest absolute Gasteiger partial charge is 0.242 e. The third-order valence-corrected chi connectivity index (χ3v) is 7.81. The number of benzene rings is 3. The van der Waals surface area contributed by atoms with Crippen molar-refractivity contribution in [3.63, 3.8) is 0 Å². The predicted octanol–water partition coefficient (Wildman–Crippen LogP) is 6.90. The average Bonchev–Trinajstić information content (AvgIpc) is 3.58. The SMILES string of the molecule is CCOc1ccc(NC(=O)CC2S/C(=N\N=C\c3ccc(-c4ccc(Cl)cc4)o3)N(CCc3ccccc3)C2=O)cc1. The Morgan fingerprint density at radius 3 is 2.55 bits per heavy atom. The zero-order chi connectivity index (χ0) is 29.3. The van der Waals surface area contributed by atoms with E-state index in [4.69, 9.17) is 20.8 Å². The van der Waals surface area contributed by atoms with Crippen molar-refractivity contribution >= 4 is 52.2 Å². The second-order valence-electron chi connectivity index (χ2n) is 9.38. The Hall–Kier alpha value is -4.34. The second kappa shape index (κ2) is 14.0. The van der Waals surface area contributed by atoms with Crippen LogP contribution in [0.4, 0.5) is 5.69 Å². The summed E-state index contributed by atoms with van der Waals surface area (Å²) in [6.45, 7) is 2.89. The highest BCUT2D eigenvalue weighted by atomic mass is 35.5. The normalized spacial score (nSPS) is 16.0. The van der Waals surface area contributed by atoms with Crippen LogP contribution in [0.15, 0.2) is 106 Å². The van der Waals surface area contributed by atoms with Gasteiger partial charge in [-0.25, -0.2) is 0 Å². The maximum atomic E-state index is 13.4. The Labute approximate surface area is 253 Å². The molecule has 0 aliphatic carbocycles. The van der Waals surface area contributed by atoms with Gasteiger partial charge in [-0.05, 0) is 79.6 Å². The summed E-state index contributed by atoms with van der Waals surface area (Å²) in [5.74, 6) is 1.48. The molecule has 0 radical (unpaired) electrons. The molecule has 0 saturated carbocycles. The van der Waals surface area contributed by atoms with Crippen molar-refractivity contribution in [2.24, 2.45) is 10.2 Å². The van der Waals surface area contributed by atoms with Crippen molar-refractivity contribution in [3.8, 4) is 17.1 Å². The van der Waals surface area contributed by atoms with E-state index in [2.05, 4.69) is 15.5 Å². The number of amides is 2. The minimum atomic E-state index is -0.613. The van der Waals surface area contributed by atoms with E-state index >= 15 is 0 Å². The number of carbonyl (C=O) groups excluding carboxylic acids is 2. The first kappa shape index (κ1) is 29.2. The number of nitrogens with zero attached hydrogens (tertiary/aromatic N) is 3. The van der Waals surface area contributed by atoms with Crippen LogP contribution in [0, 0.1) is 0 Å². The number of thioether (sulfide) groups is 1. The van der Waals surface area contributed by atoms with E-state index in [1.165, 1.54) is 18.0 Å². The maximum absolute atomic E-state index is 13.4. The zero-order valence-corrected chi connectivity index (χ0v) is 24.5. The number of anilines is 1. The summed E-state index contributed by atoms with van der Waals surface area (Å²) in [4.78, 5) is 27.8. The van der Waals surface area contributed by atoms with Crippen LogP contribution in [0.5, 0.6) is 5.75 Å². The summed E-state index contributed by atoms with van der Waals surface area (Å²) in [6, 6.07) is 28.0. The highest BCUT2D eigenvalue weighted by Crippen LogP contribution is 2.31. The van der Waals surface area contributed by atoms with Gasteiger partial charge in [-0.1, -0.05) is 53.7 Å². The first-order chi connectivity index (χ1) is 20.5. The molecule has 1 aliphatic heterocycles. The lowest BCUT2D eigenvalue weighted by Crippen LogP contribution is -2.35. The number of hydrogen-bond donors (Lipinski definition) is 1. The van der Waals surface area contributed by atoms with Gasteiger partial charge in [-0.15, -0.1) is 5.10 Å². The fourth-order valence-electron chi connectivity index (χ4n) is 4.32. The third kappa shape index (κ3) is 7.69. The van der Waals surface area contributed by atoms with Crippen LogP contribution in [-0.4, -0.2) is 46.5 Å². The number of ether oxygens (including phenoxy) is 1. The molecule has 5 rings (SSSR count). The number of amidine groups is 1. The Morgan fingerprint density at radius 1 is 1.05 bits per heavy atom. The van der Waals surface area contributed by atoms with Gasteiger partial charge in [0, 0.05) is 29.2 Å². The van der Waals surface area contributed by atoms with Gasteiger partial charge in [-0.2, -0.15) is 5.10 Å². The van der Waals surface area contributed by atoms with E-state index in [0.717, 1.165) is 16.9 Å². The highest BCUT2D eigenvalue weighted by Gasteiger charge is 2.39. The van der Waals surface area contributed by atoms with Crippen LogP contribution in [0.2, 0.25) is 5.02 Å². The van der Waals surface area contributed by atoms with Crippen LogP contribution in [0.1, 0.15) is 24.7 Å². The number of carbonyl (C=O) groups is 2. The topological polar surface area (TPSA) is 96.5 Å². The van der Waals surface area contributed by atoms with Gasteiger partial charge in [-0.3, -0.25) is 14.5 Å². The number of halogens is 1. The van der Waals surface area contributed by atoms with E-state index in [1.807, 2.05) is 55.5 Å². The van der Waals surface area contributed by atoms with Gasteiger partial charge in [0.25, 0.3) is 0 Å². The Kier molecular flexibility index (Phi) is 9.74. The maximum Gasteiger partial charge on any atom is 0.242 e. The van der Waals surface area contributed by atoms with Crippen LogP contribution in [0.25, 0.3) is 11.3 Å². The van der Waals surface area contributed by atoms with Crippen LogP contribution < -0.4 is 10.1 Å². The zero-order valence-electron chi connectivity index (χ0n) is 22.9. The third-order valence-electron chi connectivity index (χ3n) is 6.39. The van der Waals surface area contributed by atoms with Gasteiger partial charge in [0.2, 0.25) is 11.8 Å². The van der Waals surface area contributed by atoms with Crippen molar-refractivity contribution in [3.05, 3.63) is 107 Å². The summed E-state index contributed by atoms with van der Waals surface area (Å²) >= 11 is 7.22. The van der Waals surface area contributed by atoms with Crippen molar-refractivity contribution < 1.29 is 18.7 Å². The summed E-state index contributed by atoms with van der Waals surface area (Å²) < 4.78 is 11.3. The molecule has 8 nitrogen and oxygen atoms in total. The molecule has 1 fully saturated rings. The number of furan rings is 1. The minimum Gasteiger partial charge on any atom is -0.494 e. The molecule has 1 aliphatic rings. The van der Waals surface area contributed by atoms with Crippen LogP contribution in [0.3, 0.4) is 0 Å². The number of rotatable bonds is 11.